The number of hydrogen-bond donors (Lipinski definition) is 4. The van der Waals surface area contributed by atoms with Gasteiger partial charge in [-0.2, -0.15) is 0 Å². The van der Waals surface area contributed by atoms with Crippen LogP contribution in [0.4, 0.5) is 0 Å². The Hall–Kier alpha value is -1.68. The monoisotopic (exact) mass is 225 g/mol. The van der Waals surface area contributed by atoms with Crippen LogP contribution < -0.4 is 5.73 Å². The van der Waals surface area contributed by atoms with E-state index < -0.39 is 0 Å². The number of allylic oxidation sites excluding steroid dienone is 3. The molecule has 1 unspecified atom stereocenters. The van der Waals surface area contributed by atoms with Gasteiger partial charge < -0.3 is 21.1 Å². The maximum absolute atomic E-state index is 8.57. The van der Waals surface area contributed by atoms with Gasteiger partial charge in [-0.15, -0.1) is 0 Å². The van der Waals surface area contributed by atoms with Crippen LogP contribution in [-0.2, 0) is 0 Å². The molecule has 0 aromatic heterocycles. The molecule has 0 aliphatic carbocycles. The van der Waals surface area contributed by atoms with Crippen molar-refractivity contribution in [3.8, 4) is 0 Å². The first-order valence-corrected chi connectivity index (χ1v) is 5.07. The zero-order valence-electron chi connectivity index (χ0n) is 9.16. The van der Waals surface area contributed by atoms with Crippen molar-refractivity contribution in [3.63, 3.8) is 0 Å². The van der Waals surface area contributed by atoms with Crippen molar-refractivity contribution in [1.29, 1.82) is 0 Å². The van der Waals surface area contributed by atoms with Crippen LogP contribution in [0.5, 0.6) is 0 Å². The summed E-state index contributed by atoms with van der Waals surface area (Å²) in [5, 5.41) is 25.6. The average molecular weight is 225 g/mol. The lowest BCUT2D eigenvalue weighted by atomic mass is 10.0. The van der Waals surface area contributed by atoms with Crippen LogP contribution in [0.3, 0.4) is 0 Å². The highest BCUT2D eigenvalue weighted by Gasteiger charge is 1.99. The highest BCUT2D eigenvalue weighted by molar-refractivity contribution is 5.14. The normalized spacial score (nSPS) is 13.8. The average Bonchev–Trinajstić information content (AvgIpc) is 2.30. The first-order valence-electron chi connectivity index (χ1n) is 5.07. The fraction of sp³-hybridized carbons (Fsp3) is 0.333. The molecule has 0 spiro atoms. The van der Waals surface area contributed by atoms with Crippen LogP contribution in [0.2, 0.25) is 0 Å². The molecule has 0 aliphatic heterocycles. The van der Waals surface area contributed by atoms with E-state index in [2.05, 4.69) is 0 Å². The van der Waals surface area contributed by atoms with Crippen molar-refractivity contribution >= 4 is 0 Å². The van der Waals surface area contributed by atoms with E-state index in [1.54, 1.807) is 18.2 Å². The molecule has 1 atom stereocenters. The minimum atomic E-state index is -0.183. The Morgan fingerprint density at radius 2 is 1.44 bits per heavy atom. The van der Waals surface area contributed by atoms with Gasteiger partial charge in [-0.25, -0.2) is 0 Å². The molecule has 0 fully saturated rings. The standard InChI is InChI=1S/C12H19NO3/c13-12(6-3-9-16)10-11(4-1-7-14)5-2-8-15/h1-3,7-10,12,14-16H,4-6,13H2. The molecule has 0 heterocycles. The van der Waals surface area contributed by atoms with Crippen LogP contribution in [0.1, 0.15) is 19.3 Å². The summed E-state index contributed by atoms with van der Waals surface area (Å²) in [5.74, 6) is 0. The van der Waals surface area contributed by atoms with Gasteiger partial charge >= 0.3 is 0 Å². The van der Waals surface area contributed by atoms with E-state index in [1.165, 1.54) is 0 Å². The molecule has 0 bridgehead atoms. The molecule has 0 aliphatic rings. The molecule has 0 radical (unpaired) electrons. The van der Waals surface area contributed by atoms with Crippen molar-refractivity contribution in [2.75, 3.05) is 0 Å². The third-order valence-electron chi connectivity index (χ3n) is 1.93. The van der Waals surface area contributed by atoms with Crippen LogP contribution in [0.15, 0.2) is 48.7 Å². The third kappa shape index (κ3) is 7.70. The molecule has 0 saturated heterocycles. The van der Waals surface area contributed by atoms with Gasteiger partial charge in [0.15, 0.2) is 0 Å². The van der Waals surface area contributed by atoms with Gasteiger partial charge in [0.05, 0.1) is 18.8 Å². The molecule has 0 saturated carbocycles. The third-order valence-corrected chi connectivity index (χ3v) is 1.93. The topological polar surface area (TPSA) is 86.7 Å². The molecule has 0 aromatic carbocycles. The van der Waals surface area contributed by atoms with E-state index in [4.69, 9.17) is 21.1 Å². The summed E-state index contributed by atoms with van der Waals surface area (Å²) < 4.78 is 0. The Bertz CT molecular complexity index is 264. The SMILES string of the molecule is NC(C=C(CC=CO)CC=CO)CC=CO. The zero-order valence-corrected chi connectivity index (χ0v) is 9.16. The van der Waals surface area contributed by atoms with Gasteiger partial charge in [0.1, 0.15) is 0 Å². The maximum atomic E-state index is 8.57. The molecule has 0 rings (SSSR count). The predicted octanol–water partition coefficient (Wildman–Crippen LogP) is 2.63. The zero-order chi connectivity index (χ0) is 12.2. The molecule has 0 aromatic rings. The number of nitrogens with two attached hydrogens (primary N) is 1. The van der Waals surface area contributed by atoms with Crippen LogP contribution in [0, 0.1) is 0 Å². The lowest BCUT2D eigenvalue weighted by Crippen LogP contribution is -2.16. The molecule has 0 amide bonds. The van der Waals surface area contributed by atoms with Gasteiger partial charge in [-0.3, -0.25) is 0 Å². The largest absolute Gasteiger partial charge is 0.516 e. The molecule has 90 valence electrons. The Morgan fingerprint density at radius 3 is 1.88 bits per heavy atom. The highest BCUT2D eigenvalue weighted by Crippen LogP contribution is 2.10. The number of aliphatic hydroxyl groups is 3. The molecular formula is C12H19NO3. The Kier molecular flexibility index (Phi) is 8.82. The van der Waals surface area contributed by atoms with Crippen molar-refractivity contribution in [3.05, 3.63) is 48.7 Å². The second kappa shape index (κ2) is 9.86. The van der Waals surface area contributed by atoms with Crippen molar-refractivity contribution in [2.45, 2.75) is 25.3 Å². The minimum absolute atomic E-state index is 0.183. The Balaban J connectivity index is 4.39. The van der Waals surface area contributed by atoms with E-state index in [0.29, 0.717) is 19.3 Å². The first kappa shape index (κ1) is 14.3. The van der Waals surface area contributed by atoms with E-state index in [-0.39, 0.29) is 6.04 Å². The van der Waals surface area contributed by atoms with Crippen molar-refractivity contribution in [1.82, 2.24) is 0 Å². The first-order chi connectivity index (χ1) is 7.74. The summed E-state index contributed by atoms with van der Waals surface area (Å²) in [6, 6.07) is -0.183. The number of rotatable bonds is 7. The van der Waals surface area contributed by atoms with Gasteiger partial charge in [0, 0.05) is 6.04 Å². The summed E-state index contributed by atoms with van der Waals surface area (Å²) in [5.41, 5.74) is 6.79. The van der Waals surface area contributed by atoms with Gasteiger partial charge in [0.25, 0.3) is 0 Å². The fourth-order valence-corrected chi connectivity index (χ4v) is 1.22. The fourth-order valence-electron chi connectivity index (χ4n) is 1.22. The highest BCUT2D eigenvalue weighted by atomic mass is 16.2. The van der Waals surface area contributed by atoms with E-state index >= 15 is 0 Å². The maximum Gasteiger partial charge on any atom is 0.0755 e. The predicted molar refractivity (Wildman–Crippen MR) is 65.2 cm³/mol. The second-order valence-electron chi connectivity index (χ2n) is 3.29. The molecule has 4 heteroatoms. The van der Waals surface area contributed by atoms with E-state index in [0.717, 1.165) is 24.4 Å². The summed E-state index contributed by atoms with van der Waals surface area (Å²) in [4.78, 5) is 0. The minimum Gasteiger partial charge on any atom is -0.516 e. The van der Waals surface area contributed by atoms with Crippen molar-refractivity contribution in [2.24, 2.45) is 5.73 Å². The quantitative estimate of drug-likeness (QED) is 0.396. The Morgan fingerprint density at radius 1 is 0.938 bits per heavy atom. The number of hydrogen-bond acceptors (Lipinski definition) is 4. The molecule has 16 heavy (non-hydrogen) atoms. The van der Waals surface area contributed by atoms with Crippen LogP contribution >= 0.6 is 0 Å². The Labute approximate surface area is 95.7 Å². The van der Waals surface area contributed by atoms with Crippen LogP contribution in [-0.4, -0.2) is 21.4 Å². The molecule has 4 nitrogen and oxygen atoms in total. The van der Waals surface area contributed by atoms with E-state index in [1.807, 2.05) is 6.08 Å². The van der Waals surface area contributed by atoms with E-state index in [9.17, 15) is 0 Å². The van der Waals surface area contributed by atoms with Crippen LogP contribution in [0.25, 0.3) is 0 Å². The van der Waals surface area contributed by atoms with Crippen molar-refractivity contribution < 1.29 is 15.3 Å². The molecule has 5 N–H and O–H groups in total. The second-order valence-corrected chi connectivity index (χ2v) is 3.29. The van der Waals surface area contributed by atoms with Gasteiger partial charge in [0.2, 0.25) is 0 Å². The molecular weight excluding hydrogens is 206 g/mol. The van der Waals surface area contributed by atoms with Gasteiger partial charge in [-0.05, 0) is 37.5 Å². The number of aliphatic hydroxyl groups excluding tert-OH is 3. The van der Waals surface area contributed by atoms with Gasteiger partial charge in [-0.1, -0.05) is 11.6 Å². The summed E-state index contributed by atoms with van der Waals surface area (Å²) in [7, 11) is 0. The lowest BCUT2D eigenvalue weighted by molar-refractivity contribution is 0.470. The smallest absolute Gasteiger partial charge is 0.0755 e. The summed E-state index contributed by atoms with van der Waals surface area (Å²) in [6.45, 7) is 0. The summed E-state index contributed by atoms with van der Waals surface area (Å²) >= 11 is 0. The summed E-state index contributed by atoms with van der Waals surface area (Å²) in [6.07, 6.45) is 11.3. The lowest BCUT2D eigenvalue weighted by Gasteiger charge is -2.06.